The highest BCUT2D eigenvalue weighted by atomic mass is 16.2. The summed E-state index contributed by atoms with van der Waals surface area (Å²) < 4.78 is 0. The first-order valence-corrected chi connectivity index (χ1v) is 5.10. The van der Waals surface area contributed by atoms with Crippen LogP contribution in [0.25, 0.3) is 0 Å². The molecule has 4 heteroatoms. The lowest BCUT2D eigenvalue weighted by atomic mass is 9.89. The molecule has 0 aromatic carbocycles. The number of carbonyl (C=O) groups is 2. The quantitative estimate of drug-likeness (QED) is 0.673. The summed E-state index contributed by atoms with van der Waals surface area (Å²) in [5, 5.41) is 0. The van der Waals surface area contributed by atoms with E-state index in [1.165, 1.54) is 18.7 Å². The highest BCUT2D eigenvalue weighted by molar-refractivity contribution is 5.93. The Labute approximate surface area is 84.4 Å². The molecule has 0 aliphatic heterocycles. The van der Waals surface area contributed by atoms with Crippen molar-refractivity contribution in [2.45, 2.75) is 51.6 Å². The van der Waals surface area contributed by atoms with Gasteiger partial charge in [-0.25, -0.2) is 0 Å². The van der Waals surface area contributed by atoms with Crippen molar-refractivity contribution in [3.05, 3.63) is 0 Å². The third kappa shape index (κ3) is 2.32. The molecular formula is C10H18N2O2. The van der Waals surface area contributed by atoms with Crippen molar-refractivity contribution in [2.75, 3.05) is 0 Å². The Morgan fingerprint density at radius 1 is 1.14 bits per heavy atom. The van der Waals surface area contributed by atoms with Crippen LogP contribution in [0.5, 0.6) is 0 Å². The van der Waals surface area contributed by atoms with Crippen molar-refractivity contribution in [3.8, 4) is 0 Å². The minimum Gasteiger partial charge on any atom is -0.326 e. The molecule has 4 nitrogen and oxygen atoms in total. The fourth-order valence-corrected chi connectivity index (χ4v) is 2.15. The monoisotopic (exact) mass is 198 g/mol. The number of rotatable bonds is 1. The van der Waals surface area contributed by atoms with Gasteiger partial charge in [0, 0.05) is 19.9 Å². The predicted octanol–water partition coefficient (Wildman–Crippen LogP) is 0.651. The number of hydrogen-bond acceptors (Lipinski definition) is 3. The van der Waals surface area contributed by atoms with Crippen LogP contribution in [0.3, 0.4) is 0 Å². The molecule has 0 bridgehead atoms. The second-order valence-corrected chi connectivity index (χ2v) is 3.92. The van der Waals surface area contributed by atoms with Gasteiger partial charge in [0.05, 0.1) is 6.04 Å². The highest BCUT2D eigenvalue weighted by Gasteiger charge is 2.31. The maximum Gasteiger partial charge on any atom is 0.226 e. The van der Waals surface area contributed by atoms with Crippen LogP contribution in [0.15, 0.2) is 0 Å². The van der Waals surface area contributed by atoms with Gasteiger partial charge >= 0.3 is 0 Å². The summed E-state index contributed by atoms with van der Waals surface area (Å²) in [5.41, 5.74) is 5.91. The van der Waals surface area contributed by atoms with Crippen molar-refractivity contribution in [2.24, 2.45) is 5.73 Å². The van der Waals surface area contributed by atoms with E-state index < -0.39 is 0 Å². The molecule has 0 aromatic rings. The second kappa shape index (κ2) is 4.55. The first-order valence-electron chi connectivity index (χ1n) is 5.10. The van der Waals surface area contributed by atoms with Crippen LogP contribution in [0.2, 0.25) is 0 Å². The number of hydrogen-bond donors (Lipinski definition) is 1. The van der Waals surface area contributed by atoms with Gasteiger partial charge < -0.3 is 5.73 Å². The van der Waals surface area contributed by atoms with Crippen LogP contribution >= 0.6 is 0 Å². The molecule has 1 rings (SSSR count). The van der Waals surface area contributed by atoms with Gasteiger partial charge in [-0.2, -0.15) is 0 Å². The fourth-order valence-electron chi connectivity index (χ4n) is 2.15. The summed E-state index contributed by atoms with van der Waals surface area (Å²) >= 11 is 0. The summed E-state index contributed by atoms with van der Waals surface area (Å²) in [6.45, 7) is 2.84. The molecule has 0 radical (unpaired) electrons. The van der Waals surface area contributed by atoms with E-state index >= 15 is 0 Å². The molecule has 2 N–H and O–H groups in total. The molecule has 0 heterocycles. The van der Waals surface area contributed by atoms with E-state index in [1.54, 1.807) is 0 Å². The van der Waals surface area contributed by atoms with Gasteiger partial charge in [-0.1, -0.05) is 12.8 Å². The molecule has 80 valence electrons. The average Bonchev–Trinajstić information content (AvgIpc) is 2.07. The topological polar surface area (TPSA) is 63.4 Å². The summed E-state index contributed by atoms with van der Waals surface area (Å²) in [6, 6.07) is -0.129. The standard InChI is InChI=1S/C10H18N2O2/c1-7(13)12(8(2)14)10-6-4-3-5-9(10)11/h9-10H,3-6,11H2,1-2H3. The van der Waals surface area contributed by atoms with Crippen molar-refractivity contribution in [3.63, 3.8) is 0 Å². The molecule has 14 heavy (non-hydrogen) atoms. The average molecular weight is 198 g/mol. The molecular weight excluding hydrogens is 180 g/mol. The van der Waals surface area contributed by atoms with Crippen LogP contribution in [0.1, 0.15) is 39.5 Å². The Hall–Kier alpha value is -0.900. The zero-order chi connectivity index (χ0) is 10.7. The minimum atomic E-state index is -0.195. The molecule has 2 unspecified atom stereocenters. The fraction of sp³-hybridized carbons (Fsp3) is 0.800. The molecule has 1 aliphatic rings. The lowest BCUT2D eigenvalue weighted by molar-refractivity contribution is -0.146. The third-order valence-electron chi connectivity index (χ3n) is 2.79. The zero-order valence-electron chi connectivity index (χ0n) is 8.82. The van der Waals surface area contributed by atoms with E-state index in [4.69, 9.17) is 5.73 Å². The molecule has 0 aromatic heterocycles. The molecule has 0 spiro atoms. The van der Waals surface area contributed by atoms with Crippen molar-refractivity contribution >= 4 is 11.8 Å². The zero-order valence-corrected chi connectivity index (χ0v) is 8.82. The Kier molecular flexibility index (Phi) is 3.63. The van der Waals surface area contributed by atoms with Gasteiger partial charge in [0.2, 0.25) is 11.8 Å². The van der Waals surface area contributed by atoms with Crippen molar-refractivity contribution in [1.82, 2.24) is 4.90 Å². The first-order chi connectivity index (χ1) is 6.54. The third-order valence-corrected chi connectivity index (χ3v) is 2.79. The van der Waals surface area contributed by atoms with Gasteiger partial charge in [-0.3, -0.25) is 14.5 Å². The van der Waals surface area contributed by atoms with Crippen LogP contribution in [0, 0.1) is 0 Å². The Balaban J connectivity index is 2.75. The number of nitrogens with zero attached hydrogens (tertiary/aromatic N) is 1. The summed E-state index contributed by atoms with van der Waals surface area (Å²) in [7, 11) is 0. The lowest BCUT2D eigenvalue weighted by Gasteiger charge is -2.35. The largest absolute Gasteiger partial charge is 0.326 e. The van der Waals surface area contributed by atoms with Crippen molar-refractivity contribution in [1.29, 1.82) is 0 Å². The van der Waals surface area contributed by atoms with E-state index in [0.717, 1.165) is 25.7 Å². The van der Waals surface area contributed by atoms with Gasteiger partial charge in [0.1, 0.15) is 0 Å². The van der Waals surface area contributed by atoms with Gasteiger partial charge in [0.15, 0.2) is 0 Å². The van der Waals surface area contributed by atoms with Crippen molar-refractivity contribution < 1.29 is 9.59 Å². The summed E-state index contributed by atoms with van der Waals surface area (Å²) in [4.78, 5) is 23.9. The van der Waals surface area contributed by atoms with E-state index in [0.29, 0.717) is 0 Å². The number of imide groups is 1. The smallest absolute Gasteiger partial charge is 0.226 e. The second-order valence-electron chi connectivity index (χ2n) is 3.92. The Morgan fingerprint density at radius 3 is 2.07 bits per heavy atom. The molecule has 0 saturated heterocycles. The number of amides is 2. The minimum absolute atomic E-state index is 0.0449. The number of nitrogens with two attached hydrogens (primary N) is 1. The molecule has 1 fully saturated rings. The predicted molar refractivity (Wildman–Crippen MR) is 53.4 cm³/mol. The molecule has 2 amide bonds. The Bertz CT molecular complexity index is 226. The van der Waals surface area contributed by atoms with Crippen LogP contribution in [-0.4, -0.2) is 28.8 Å². The van der Waals surface area contributed by atoms with Crippen LogP contribution in [-0.2, 0) is 9.59 Å². The Morgan fingerprint density at radius 2 is 1.64 bits per heavy atom. The molecule has 2 atom stereocenters. The maximum atomic E-state index is 11.3. The molecule has 1 saturated carbocycles. The van der Waals surface area contributed by atoms with Gasteiger partial charge in [-0.05, 0) is 12.8 Å². The highest BCUT2D eigenvalue weighted by Crippen LogP contribution is 2.22. The SMILES string of the molecule is CC(=O)N(C(C)=O)C1CCCCC1N. The molecule has 1 aliphatic carbocycles. The van der Waals surface area contributed by atoms with E-state index in [1.807, 2.05) is 0 Å². The van der Waals surface area contributed by atoms with Gasteiger partial charge in [0.25, 0.3) is 0 Å². The first kappa shape index (κ1) is 11.2. The van der Waals surface area contributed by atoms with Crippen LogP contribution < -0.4 is 5.73 Å². The number of carbonyl (C=O) groups excluding carboxylic acids is 2. The normalized spacial score (nSPS) is 27.1. The van der Waals surface area contributed by atoms with Crippen LogP contribution in [0.4, 0.5) is 0 Å². The summed E-state index contributed by atoms with van der Waals surface area (Å²) in [6.07, 6.45) is 3.90. The maximum absolute atomic E-state index is 11.3. The lowest BCUT2D eigenvalue weighted by Crippen LogP contribution is -2.53. The van der Waals surface area contributed by atoms with E-state index in [-0.39, 0.29) is 23.9 Å². The van der Waals surface area contributed by atoms with E-state index in [9.17, 15) is 9.59 Å². The van der Waals surface area contributed by atoms with Gasteiger partial charge in [-0.15, -0.1) is 0 Å². The summed E-state index contributed by atoms with van der Waals surface area (Å²) in [5.74, 6) is -0.389. The van der Waals surface area contributed by atoms with E-state index in [2.05, 4.69) is 0 Å².